The monoisotopic (exact) mass is 431 g/mol. The Balaban J connectivity index is 1.58. The largest absolute Gasteiger partial charge is 0.481 e. The van der Waals surface area contributed by atoms with Gasteiger partial charge in [-0.25, -0.2) is 0 Å². The fraction of sp³-hybridized carbons (Fsp3) is 0.640. The molecule has 6 nitrogen and oxygen atoms in total. The van der Waals surface area contributed by atoms with Gasteiger partial charge in [-0.05, 0) is 44.1 Å². The smallest absolute Gasteiger partial charge is 0.303 e. The first-order chi connectivity index (χ1) is 15.0. The Morgan fingerprint density at radius 1 is 1.19 bits per heavy atom. The summed E-state index contributed by atoms with van der Waals surface area (Å²) in [6, 6.07) is 10.4. The van der Waals surface area contributed by atoms with Crippen LogP contribution >= 0.6 is 0 Å². The highest BCUT2D eigenvalue weighted by Crippen LogP contribution is 2.52. The molecule has 0 aromatic heterocycles. The van der Waals surface area contributed by atoms with E-state index in [1.165, 1.54) is 5.56 Å². The van der Waals surface area contributed by atoms with Crippen LogP contribution < -0.4 is 0 Å². The summed E-state index contributed by atoms with van der Waals surface area (Å²) in [5.41, 5.74) is 1.16. The Morgan fingerprint density at radius 2 is 1.90 bits per heavy atom. The molecule has 2 aliphatic rings. The zero-order valence-corrected chi connectivity index (χ0v) is 18.8. The molecule has 1 aromatic rings. The predicted octanol–water partition coefficient (Wildman–Crippen LogP) is 3.73. The van der Waals surface area contributed by atoms with Crippen LogP contribution in [0, 0.1) is 0 Å². The maximum absolute atomic E-state index is 11.1. The van der Waals surface area contributed by atoms with Crippen LogP contribution in [0.1, 0.15) is 56.9 Å². The average Bonchev–Trinajstić information content (AvgIpc) is 3.53. The second-order valence-corrected chi connectivity index (χ2v) is 8.84. The summed E-state index contributed by atoms with van der Waals surface area (Å²) in [5, 5.41) is 19.8. The van der Waals surface area contributed by atoms with Crippen LogP contribution in [0.5, 0.6) is 0 Å². The number of likely N-dealkylation sites (tertiary alicyclic amines) is 1. The predicted molar refractivity (Wildman–Crippen MR) is 120 cm³/mol. The number of unbranched alkanes of at least 4 members (excludes halogenated alkanes) is 1. The van der Waals surface area contributed by atoms with Gasteiger partial charge in [-0.15, -0.1) is 0 Å². The molecule has 1 aliphatic heterocycles. The van der Waals surface area contributed by atoms with Crippen molar-refractivity contribution in [1.82, 2.24) is 4.90 Å². The molecule has 1 heterocycles. The zero-order valence-electron chi connectivity index (χ0n) is 18.8. The maximum Gasteiger partial charge on any atom is 0.303 e. The van der Waals surface area contributed by atoms with Gasteiger partial charge < -0.3 is 19.7 Å². The van der Waals surface area contributed by atoms with Gasteiger partial charge in [0.15, 0.2) is 5.79 Å². The second kappa shape index (κ2) is 10.7. The van der Waals surface area contributed by atoms with Crippen molar-refractivity contribution >= 4 is 5.97 Å². The summed E-state index contributed by atoms with van der Waals surface area (Å²) in [6.45, 7) is 1.66. The second-order valence-electron chi connectivity index (χ2n) is 8.84. The molecule has 1 saturated carbocycles. The molecule has 2 unspecified atom stereocenters. The summed E-state index contributed by atoms with van der Waals surface area (Å²) in [5.74, 6) is -1.40. The lowest BCUT2D eigenvalue weighted by Gasteiger charge is -2.36. The quantitative estimate of drug-likeness (QED) is 0.281. The lowest BCUT2D eigenvalue weighted by molar-refractivity contribution is -0.218. The Kier molecular flexibility index (Phi) is 8.28. The van der Waals surface area contributed by atoms with E-state index in [1.807, 2.05) is 18.2 Å². The number of hydrogen-bond acceptors (Lipinski definition) is 5. The van der Waals surface area contributed by atoms with Gasteiger partial charge in [0.1, 0.15) is 0 Å². The van der Waals surface area contributed by atoms with Crippen molar-refractivity contribution in [1.29, 1.82) is 0 Å². The van der Waals surface area contributed by atoms with E-state index in [9.17, 15) is 9.90 Å². The third-order valence-corrected chi connectivity index (χ3v) is 7.14. The Bertz CT molecular complexity index is 727. The van der Waals surface area contributed by atoms with Crippen LogP contribution in [0.2, 0.25) is 0 Å². The molecule has 2 atom stereocenters. The summed E-state index contributed by atoms with van der Waals surface area (Å²) in [7, 11) is 3.39. The molecule has 3 rings (SSSR count). The van der Waals surface area contributed by atoms with E-state index in [1.54, 1.807) is 14.2 Å². The Morgan fingerprint density at radius 3 is 2.52 bits per heavy atom. The molecule has 0 spiro atoms. The van der Waals surface area contributed by atoms with Crippen LogP contribution in [0.3, 0.4) is 0 Å². The maximum atomic E-state index is 11.1. The van der Waals surface area contributed by atoms with Crippen LogP contribution in [0.4, 0.5) is 0 Å². The highest BCUT2D eigenvalue weighted by atomic mass is 16.7. The van der Waals surface area contributed by atoms with E-state index in [0.717, 1.165) is 51.6 Å². The van der Waals surface area contributed by atoms with Gasteiger partial charge in [0, 0.05) is 45.6 Å². The number of nitrogens with zero attached hydrogens (tertiary/aromatic N) is 1. The molecule has 1 aliphatic carbocycles. The zero-order chi connectivity index (χ0) is 22.3. The van der Waals surface area contributed by atoms with Gasteiger partial charge in [0.05, 0.1) is 12.1 Å². The molecule has 2 fully saturated rings. The summed E-state index contributed by atoms with van der Waals surface area (Å²) >= 11 is 0. The van der Waals surface area contributed by atoms with Crippen molar-refractivity contribution in [2.24, 2.45) is 0 Å². The van der Waals surface area contributed by atoms with Crippen molar-refractivity contribution < 1.29 is 24.5 Å². The van der Waals surface area contributed by atoms with Crippen molar-refractivity contribution in [3.8, 4) is 0 Å². The number of aliphatic hydroxyl groups excluding tert-OH is 1. The molecular weight excluding hydrogens is 394 g/mol. The Labute approximate surface area is 185 Å². The molecule has 2 N–H and O–H groups in total. The fourth-order valence-corrected chi connectivity index (χ4v) is 5.05. The topological polar surface area (TPSA) is 79.2 Å². The summed E-state index contributed by atoms with van der Waals surface area (Å²) in [6.07, 6.45) is 9.77. The van der Waals surface area contributed by atoms with Gasteiger partial charge >= 0.3 is 5.97 Å². The molecule has 1 saturated heterocycles. The van der Waals surface area contributed by atoms with Crippen molar-refractivity contribution in [2.45, 2.75) is 74.7 Å². The summed E-state index contributed by atoms with van der Waals surface area (Å²) < 4.78 is 11.6. The Hall–Kier alpha value is -1.73. The average molecular weight is 432 g/mol. The molecule has 172 valence electrons. The van der Waals surface area contributed by atoms with E-state index in [0.29, 0.717) is 6.42 Å². The number of hydrogen-bond donors (Lipinski definition) is 2. The third-order valence-electron chi connectivity index (χ3n) is 7.14. The van der Waals surface area contributed by atoms with Gasteiger partial charge in [-0.2, -0.15) is 0 Å². The number of allylic oxidation sites excluding steroid dienone is 1. The first-order valence-corrected chi connectivity index (χ1v) is 11.4. The van der Waals surface area contributed by atoms with Crippen molar-refractivity contribution in [3.63, 3.8) is 0 Å². The van der Waals surface area contributed by atoms with Crippen LogP contribution in [-0.2, 0) is 19.7 Å². The number of rotatable bonds is 13. The molecule has 1 aromatic carbocycles. The highest BCUT2D eigenvalue weighted by molar-refractivity contribution is 5.66. The molecule has 31 heavy (non-hydrogen) atoms. The number of aliphatic hydroxyl groups is 1. The molecule has 0 bridgehead atoms. The number of carboxylic acids is 1. The lowest BCUT2D eigenvalue weighted by Crippen LogP contribution is -2.48. The number of carboxylic acid groups (broad SMARTS) is 1. The molecule has 0 radical (unpaired) electrons. The number of carbonyl (C=O) groups is 1. The number of methoxy groups -OCH3 is 2. The molecular formula is C25H37NO5. The van der Waals surface area contributed by atoms with Crippen molar-refractivity contribution in [3.05, 3.63) is 48.0 Å². The van der Waals surface area contributed by atoms with E-state index in [2.05, 4.69) is 29.2 Å². The van der Waals surface area contributed by atoms with Crippen LogP contribution in [0.25, 0.3) is 0 Å². The standard InChI is InChI=1S/C25H37NO5/c1-30-25(31-2)17-19-26(21(25)12-8-3-4-9-13-23(28)29)18-14-22(27)24(15-16-24)20-10-6-5-7-11-20/h3,5-8,10-11,21-22,27H,4,9,12-19H2,1-2H3,(H,28,29). The van der Waals surface area contributed by atoms with Crippen molar-refractivity contribution in [2.75, 3.05) is 27.3 Å². The summed E-state index contributed by atoms with van der Waals surface area (Å²) in [4.78, 5) is 13.0. The van der Waals surface area contributed by atoms with Gasteiger partial charge in [0.2, 0.25) is 0 Å². The highest BCUT2D eigenvalue weighted by Gasteiger charge is 2.51. The first kappa shape index (κ1) is 23.9. The number of benzene rings is 1. The SMILES string of the molecule is COC1(OC)CCN(CCC(O)C2(c3ccccc3)CC2)C1CC=CCCCC(=O)O. The third kappa shape index (κ3) is 5.55. The minimum atomic E-state index is -0.754. The minimum absolute atomic E-state index is 0.0669. The van der Waals surface area contributed by atoms with Gasteiger partial charge in [-0.1, -0.05) is 42.5 Å². The molecule has 0 amide bonds. The minimum Gasteiger partial charge on any atom is -0.481 e. The normalized spacial score (nSPS) is 23.3. The van der Waals surface area contributed by atoms with E-state index >= 15 is 0 Å². The van der Waals surface area contributed by atoms with Crippen LogP contribution in [-0.4, -0.2) is 66.3 Å². The van der Waals surface area contributed by atoms with E-state index in [-0.39, 0.29) is 24.0 Å². The molecule has 6 heteroatoms. The first-order valence-electron chi connectivity index (χ1n) is 11.4. The fourth-order valence-electron chi connectivity index (χ4n) is 5.05. The van der Waals surface area contributed by atoms with Gasteiger partial charge in [0.25, 0.3) is 0 Å². The number of aliphatic carboxylic acids is 1. The van der Waals surface area contributed by atoms with E-state index < -0.39 is 11.8 Å². The van der Waals surface area contributed by atoms with Crippen LogP contribution in [0.15, 0.2) is 42.5 Å². The van der Waals surface area contributed by atoms with E-state index in [4.69, 9.17) is 14.6 Å². The van der Waals surface area contributed by atoms with Gasteiger partial charge in [-0.3, -0.25) is 9.69 Å². The lowest BCUT2D eigenvalue weighted by atomic mass is 9.88. The number of ether oxygens (including phenoxy) is 2.